The van der Waals surface area contributed by atoms with Crippen LogP contribution in [0.5, 0.6) is 0 Å². The lowest BCUT2D eigenvalue weighted by Crippen LogP contribution is -2.57. The second kappa shape index (κ2) is 7.05. The van der Waals surface area contributed by atoms with Crippen LogP contribution in [0.2, 0.25) is 0 Å². The summed E-state index contributed by atoms with van der Waals surface area (Å²) in [5.41, 5.74) is 0. The molecule has 0 radical (unpaired) electrons. The zero-order valence-corrected chi connectivity index (χ0v) is 11.4. The van der Waals surface area contributed by atoms with E-state index in [0.717, 1.165) is 25.8 Å². The number of aliphatic carboxylic acids is 1. The monoisotopic (exact) mass is 284 g/mol. The number of piperidine rings is 1. The predicted octanol–water partition coefficient (Wildman–Crippen LogP) is -0.713. The molecule has 2 aliphatic heterocycles. The Balaban J connectivity index is 1.79. The van der Waals surface area contributed by atoms with Crippen molar-refractivity contribution in [2.24, 2.45) is 0 Å². The fourth-order valence-corrected chi connectivity index (χ4v) is 2.72. The molecule has 4 N–H and O–H groups in total. The number of carbonyl (C=O) groups excluding carboxylic acids is 1. The minimum atomic E-state index is -1.14. The standard InChI is InChI=1S/C12H21BN2O5/c16-11(17)7-8-4-5-10(13(19)20-8)15-12(18)9-3-1-2-6-14-9/h8-10,14,19H,1-7H2,(H,15,18)(H,16,17)/t8-,9?,10-/m0/s1. The third-order valence-electron chi connectivity index (χ3n) is 3.83. The molecular weight excluding hydrogens is 263 g/mol. The van der Waals surface area contributed by atoms with Crippen molar-refractivity contribution >= 4 is 19.0 Å². The minimum Gasteiger partial charge on any atom is -0.481 e. The molecule has 0 saturated carbocycles. The molecule has 2 fully saturated rings. The van der Waals surface area contributed by atoms with Crippen molar-refractivity contribution < 1.29 is 24.4 Å². The maximum Gasteiger partial charge on any atom is 0.478 e. The zero-order chi connectivity index (χ0) is 14.5. The summed E-state index contributed by atoms with van der Waals surface area (Å²) < 4.78 is 5.24. The molecule has 1 unspecified atom stereocenters. The molecule has 0 aromatic heterocycles. The predicted molar refractivity (Wildman–Crippen MR) is 71.9 cm³/mol. The van der Waals surface area contributed by atoms with Gasteiger partial charge in [0.25, 0.3) is 0 Å². The van der Waals surface area contributed by atoms with E-state index in [0.29, 0.717) is 12.8 Å². The van der Waals surface area contributed by atoms with Gasteiger partial charge in [0.1, 0.15) is 0 Å². The number of nitrogens with one attached hydrogen (secondary N) is 2. The molecule has 0 spiro atoms. The normalized spacial score (nSPS) is 30.9. The fraction of sp³-hybridized carbons (Fsp3) is 0.833. The summed E-state index contributed by atoms with van der Waals surface area (Å²) >= 11 is 0. The lowest BCUT2D eigenvalue weighted by Gasteiger charge is -2.32. The highest BCUT2D eigenvalue weighted by atomic mass is 16.5. The Labute approximate surface area is 118 Å². The second-order valence-corrected chi connectivity index (χ2v) is 5.44. The van der Waals surface area contributed by atoms with Crippen molar-refractivity contribution in [2.75, 3.05) is 6.54 Å². The first-order valence-electron chi connectivity index (χ1n) is 7.15. The summed E-state index contributed by atoms with van der Waals surface area (Å²) in [5.74, 6) is -1.53. The SMILES string of the molecule is O=C(O)C[C@@H]1CC[C@H](NC(=O)C2CCCCN2)B(O)O1. The summed E-state index contributed by atoms with van der Waals surface area (Å²) in [6.07, 6.45) is 3.34. The molecule has 0 aromatic carbocycles. The van der Waals surface area contributed by atoms with Gasteiger partial charge < -0.3 is 25.4 Å². The molecule has 2 rings (SSSR count). The van der Waals surface area contributed by atoms with Crippen molar-refractivity contribution in [2.45, 2.75) is 56.6 Å². The highest BCUT2D eigenvalue weighted by Gasteiger charge is 2.37. The number of carboxylic acid groups (broad SMARTS) is 1. The molecule has 20 heavy (non-hydrogen) atoms. The van der Waals surface area contributed by atoms with Crippen molar-refractivity contribution in [1.29, 1.82) is 0 Å². The van der Waals surface area contributed by atoms with E-state index in [1.807, 2.05) is 0 Å². The van der Waals surface area contributed by atoms with Crippen LogP contribution in [0.4, 0.5) is 0 Å². The van der Waals surface area contributed by atoms with E-state index in [4.69, 9.17) is 9.76 Å². The van der Waals surface area contributed by atoms with Gasteiger partial charge in [-0.1, -0.05) is 6.42 Å². The Hall–Kier alpha value is -1.12. The molecule has 7 nitrogen and oxygen atoms in total. The van der Waals surface area contributed by atoms with Crippen molar-refractivity contribution in [3.05, 3.63) is 0 Å². The largest absolute Gasteiger partial charge is 0.481 e. The Morgan fingerprint density at radius 2 is 2.10 bits per heavy atom. The molecule has 2 heterocycles. The summed E-state index contributed by atoms with van der Waals surface area (Å²) in [6, 6.07) is -0.201. The van der Waals surface area contributed by atoms with Gasteiger partial charge in [0.2, 0.25) is 5.91 Å². The van der Waals surface area contributed by atoms with Crippen LogP contribution in [0.25, 0.3) is 0 Å². The quantitative estimate of drug-likeness (QED) is 0.508. The van der Waals surface area contributed by atoms with Crippen LogP contribution in [0.3, 0.4) is 0 Å². The fourth-order valence-electron chi connectivity index (χ4n) is 2.72. The van der Waals surface area contributed by atoms with Gasteiger partial charge in [0.05, 0.1) is 24.5 Å². The molecule has 2 aliphatic rings. The maximum atomic E-state index is 12.0. The Morgan fingerprint density at radius 1 is 1.30 bits per heavy atom. The first-order chi connectivity index (χ1) is 9.56. The van der Waals surface area contributed by atoms with E-state index >= 15 is 0 Å². The highest BCUT2D eigenvalue weighted by molar-refractivity contribution is 6.45. The summed E-state index contributed by atoms with van der Waals surface area (Å²) in [6.45, 7) is 0.836. The van der Waals surface area contributed by atoms with Crippen LogP contribution in [-0.4, -0.2) is 53.8 Å². The van der Waals surface area contributed by atoms with Crippen LogP contribution < -0.4 is 10.6 Å². The van der Waals surface area contributed by atoms with Crippen molar-refractivity contribution in [1.82, 2.24) is 10.6 Å². The second-order valence-electron chi connectivity index (χ2n) is 5.44. The van der Waals surface area contributed by atoms with Crippen molar-refractivity contribution in [3.63, 3.8) is 0 Å². The lowest BCUT2D eigenvalue weighted by molar-refractivity contribution is -0.139. The molecule has 0 bridgehead atoms. The molecule has 2 saturated heterocycles. The van der Waals surface area contributed by atoms with Gasteiger partial charge in [0, 0.05) is 0 Å². The molecule has 112 valence electrons. The van der Waals surface area contributed by atoms with Gasteiger partial charge in [-0.3, -0.25) is 9.59 Å². The van der Waals surface area contributed by atoms with E-state index in [-0.39, 0.29) is 18.4 Å². The van der Waals surface area contributed by atoms with E-state index < -0.39 is 25.1 Å². The van der Waals surface area contributed by atoms with Crippen LogP contribution in [-0.2, 0) is 14.2 Å². The first-order valence-corrected chi connectivity index (χ1v) is 7.15. The molecular formula is C12H21BN2O5. The number of hydrogen-bond donors (Lipinski definition) is 4. The topological polar surface area (TPSA) is 108 Å². The Morgan fingerprint density at radius 3 is 2.70 bits per heavy atom. The lowest BCUT2D eigenvalue weighted by atomic mass is 9.72. The third kappa shape index (κ3) is 4.19. The molecule has 1 amide bonds. The minimum absolute atomic E-state index is 0.117. The number of rotatable bonds is 4. The molecule has 0 aliphatic carbocycles. The number of hydrogen-bond acceptors (Lipinski definition) is 5. The van der Waals surface area contributed by atoms with Gasteiger partial charge in [-0.05, 0) is 32.2 Å². The van der Waals surface area contributed by atoms with Gasteiger partial charge in [-0.2, -0.15) is 0 Å². The van der Waals surface area contributed by atoms with Crippen LogP contribution in [0, 0.1) is 0 Å². The average molecular weight is 284 g/mol. The van der Waals surface area contributed by atoms with Gasteiger partial charge >= 0.3 is 13.1 Å². The van der Waals surface area contributed by atoms with E-state index in [1.165, 1.54) is 0 Å². The van der Waals surface area contributed by atoms with Crippen LogP contribution in [0.15, 0.2) is 0 Å². The number of carbonyl (C=O) groups is 2. The maximum absolute atomic E-state index is 12.0. The zero-order valence-electron chi connectivity index (χ0n) is 11.4. The Bertz CT molecular complexity index is 362. The van der Waals surface area contributed by atoms with E-state index in [9.17, 15) is 14.6 Å². The Kier molecular flexibility index (Phi) is 5.39. The van der Waals surface area contributed by atoms with E-state index in [1.54, 1.807) is 0 Å². The van der Waals surface area contributed by atoms with E-state index in [2.05, 4.69) is 10.6 Å². The van der Waals surface area contributed by atoms with Crippen molar-refractivity contribution in [3.8, 4) is 0 Å². The highest BCUT2D eigenvalue weighted by Crippen LogP contribution is 2.19. The summed E-state index contributed by atoms with van der Waals surface area (Å²) in [5, 5.41) is 24.5. The van der Waals surface area contributed by atoms with Gasteiger partial charge in [0.15, 0.2) is 0 Å². The number of amides is 1. The van der Waals surface area contributed by atoms with Crippen LogP contribution >= 0.6 is 0 Å². The molecule has 8 heteroatoms. The summed E-state index contributed by atoms with van der Waals surface area (Å²) in [7, 11) is -1.14. The smallest absolute Gasteiger partial charge is 0.478 e. The number of carboxylic acids is 1. The van der Waals surface area contributed by atoms with Crippen LogP contribution in [0.1, 0.15) is 38.5 Å². The molecule has 3 atom stereocenters. The van der Waals surface area contributed by atoms with Gasteiger partial charge in [-0.25, -0.2) is 0 Å². The summed E-state index contributed by atoms with van der Waals surface area (Å²) in [4.78, 5) is 22.6. The third-order valence-corrected chi connectivity index (χ3v) is 3.83. The first kappa shape index (κ1) is 15.3. The average Bonchev–Trinajstić information content (AvgIpc) is 2.42. The molecule has 0 aromatic rings. The van der Waals surface area contributed by atoms with Gasteiger partial charge in [-0.15, -0.1) is 0 Å².